The quantitative estimate of drug-likeness (QED) is 0.261. The minimum absolute atomic E-state index is 0.140. The molecule has 9 heteroatoms. The van der Waals surface area contributed by atoms with Gasteiger partial charge in [0.1, 0.15) is 0 Å². The van der Waals surface area contributed by atoms with Crippen LogP contribution in [0.1, 0.15) is 19.3 Å². The highest BCUT2D eigenvalue weighted by molar-refractivity contribution is 9.10. The Hall–Kier alpha value is -1.74. The van der Waals surface area contributed by atoms with Crippen molar-refractivity contribution in [1.82, 2.24) is 9.99 Å². The molecule has 0 radical (unpaired) electrons. The number of pyridine rings is 1. The van der Waals surface area contributed by atoms with Crippen molar-refractivity contribution in [3.05, 3.63) is 37.2 Å². The minimum Gasteiger partial charge on any atom is -0.308 e. The molecule has 8 nitrogen and oxygen atoms in total. The summed E-state index contributed by atoms with van der Waals surface area (Å²) in [5.41, 5.74) is 1.50. The fourth-order valence-electron chi connectivity index (χ4n) is 1.49. The summed E-state index contributed by atoms with van der Waals surface area (Å²) in [7, 11) is 0. The van der Waals surface area contributed by atoms with Gasteiger partial charge in [-0.15, -0.1) is 0 Å². The van der Waals surface area contributed by atoms with Crippen LogP contribution in [0.5, 0.6) is 0 Å². The molecule has 1 amide bonds. The first kappa shape index (κ1) is 15.3. The normalized spacial score (nSPS) is 10.2. The van der Waals surface area contributed by atoms with Crippen LogP contribution in [-0.2, 0) is 11.3 Å². The first-order valence-electron chi connectivity index (χ1n) is 5.49. The van der Waals surface area contributed by atoms with Crippen LogP contribution in [0, 0.1) is 10.1 Å². The Balaban J connectivity index is 2.70. The van der Waals surface area contributed by atoms with Crippen molar-refractivity contribution in [3.8, 4) is 0 Å². The number of hydrazine groups is 1. The van der Waals surface area contributed by atoms with Crippen LogP contribution < -0.4 is 16.8 Å². The molecular formula is C10H13BrN4O4. The van der Waals surface area contributed by atoms with Gasteiger partial charge in [-0.05, 0) is 28.8 Å². The number of carbonyl (C=O) groups excluding carboxylic acids is 1. The van der Waals surface area contributed by atoms with Gasteiger partial charge < -0.3 is 4.57 Å². The summed E-state index contributed by atoms with van der Waals surface area (Å²) in [5, 5.41) is 10.7. The third-order valence-corrected chi connectivity index (χ3v) is 3.02. The number of hydrogen-bond donors (Lipinski definition) is 2. The molecule has 0 saturated carbocycles. The third-order valence-electron chi connectivity index (χ3n) is 2.45. The first-order chi connectivity index (χ1) is 8.95. The largest absolute Gasteiger partial charge is 0.308 e. The number of aromatic nitrogens is 1. The van der Waals surface area contributed by atoms with E-state index >= 15 is 0 Å². The smallest absolute Gasteiger partial charge is 0.286 e. The zero-order valence-electron chi connectivity index (χ0n) is 9.97. The summed E-state index contributed by atoms with van der Waals surface area (Å²) < 4.78 is 1.39. The van der Waals surface area contributed by atoms with E-state index in [4.69, 9.17) is 5.84 Å². The van der Waals surface area contributed by atoms with Crippen molar-refractivity contribution in [2.45, 2.75) is 25.8 Å². The molecule has 1 aromatic rings. The summed E-state index contributed by atoms with van der Waals surface area (Å²) in [6.45, 7) is 0.303. The molecular weight excluding hydrogens is 320 g/mol. The molecule has 0 aromatic carbocycles. The van der Waals surface area contributed by atoms with Gasteiger partial charge in [0, 0.05) is 19.0 Å². The van der Waals surface area contributed by atoms with Gasteiger partial charge in [-0.2, -0.15) is 0 Å². The summed E-state index contributed by atoms with van der Waals surface area (Å²) in [6, 6.07) is 1.17. The van der Waals surface area contributed by atoms with E-state index < -0.39 is 4.92 Å². The number of nitro groups is 1. The van der Waals surface area contributed by atoms with E-state index in [1.165, 1.54) is 16.8 Å². The summed E-state index contributed by atoms with van der Waals surface area (Å²) in [5.74, 6) is 4.64. The monoisotopic (exact) mass is 332 g/mol. The van der Waals surface area contributed by atoms with Crippen LogP contribution in [0.4, 0.5) is 5.69 Å². The second-order valence-electron chi connectivity index (χ2n) is 3.83. The number of halogens is 1. The Morgan fingerprint density at radius 1 is 1.53 bits per heavy atom. The van der Waals surface area contributed by atoms with Gasteiger partial charge in [-0.3, -0.25) is 25.1 Å². The van der Waals surface area contributed by atoms with Crippen molar-refractivity contribution in [2.75, 3.05) is 0 Å². The topological polar surface area (TPSA) is 120 Å². The lowest BCUT2D eigenvalue weighted by Crippen LogP contribution is -2.29. The Morgan fingerprint density at radius 2 is 2.21 bits per heavy atom. The second kappa shape index (κ2) is 7.00. The molecule has 0 atom stereocenters. The fraction of sp³-hybridized carbons (Fsp3) is 0.400. The highest BCUT2D eigenvalue weighted by atomic mass is 79.9. The van der Waals surface area contributed by atoms with E-state index in [2.05, 4.69) is 15.9 Å². The molecule has 104 valence electrons. The van der Waals surface area contributed by atoms with E-state index in [-0.39, 0.29) is 28.0 Å². The molecule has 1 aromatic heterocycles. The van der Waals surface area contributed by atoms with E-state index in [9.17, 15) is 19.7 Å². The first-order valence-corrected chi connectivity index (χ1v) is 6.29. The third kappa shape index (κ3) is 4.45. The van der Waals surface area contributed by atoms with E-state index in [0.717, 1.165) is 0 Å². The lowest BCUT2D eigenvalue weighted by molar-refractivity contribution is -0.385. The Labute approximate surface area is 116 Å². The highest BCUT2D eigenvalue weighted by Gasteiger charge is 2.12. The van der Waals surface area contributed by atoms with Crippen LogP contribution >= 0.6 is 15.9 Å². The zero-order valence-corrected chi connectivity index (χ0v) is 11.6. The average molecular weight is 333 g/mol. The van der Waals surface area contributed by atoms with Gasteiger partial charge in [-0.1, -0.05) is 0 Å². The van der Waals surface area contributed by atoms with Gasteiger partial charge >= 0.3 is 0 Å². The van der Waals surface area contributed by atoms with Crippen molar-refractivity contribution < 1.29 is 9.72 Å². The molecule has 0 unspecified atom stereocenters. The van der Waals surface area contributed by atoms with Gasteiger partial charge in [0.2, 0.25) is 5.91 Å². The Morgan fingerprint density at radius 3 is 2.79 bits per heavy atom. The van der Waals surface area contributed by atoms with Gasteiger partial charge in [0.15, 0.2) is 0 Å². The molecule has 0 aliphatic rings. The maximum Gasteiger partial charge on any atom is 0.286 e. The van der Waals surface area contributed by atoms with E-state index in [1.807, 2.05) is 5.43 Å². The predicted molar refractivity (Wildman–Crippen MR) is 71.2 cm³/mol. The number of amides is 1. The van der Waals surface area contributed by atoms with Crippen LogP contribution in [0.15, 0.2) is 21.5 Å². The average Bonchev–Trinajstić information content (AvgIpc) is 2.38. The molecule has 19 heavy (non-hydrogen) atoms. The minimum atomic E-state index is -0.567. The lowest BCUT2D eigenvalue weighted by Gasteiger charge is -2.06. The SMILES string of the molecule is NNC(=O)CCCCn1cc([N+](=O)[O-])cc(Br)c1=O. The molecule has 0 aliphatic heterocycles. The number of nitrogens with zero attached hydrogens (tertiary/aromatic N) is 2. The maximum atomic E-state index is 11.7. The van der Waals surface area contributed by atoms with Gasteiger partial charge in [-0.25, -0.2) is 5.84 Å². The Bertz CT molecular complexity index is 543. The number of carbonyl (C=O) groups is 1. The summed E-state index contributed by atoms with van der Waals surface area (Å²) in [4.78, 5) is 32.7. The van der Waals surface area contributed by atoms with Crippen molar-refractivity contribution in [2.24, 2.45) is 5.84 Å². The van der Waals surface area contributed by atoms with E-state index in [0.29, 0.717) is 19.4 Å². The zero-order chi connectivity index (χ0) is 14.4. The van der Waals surface area contributed by atoms with E-state index in [1.54, 1.807) is 0 Å². The van der Waals surface area contributed by atoms with Crippen LogP contribution in [0.25, 0.3) is 0 Å². The van der Waals surface area contributed by atoms with Crippen LogP contribution in [0.3, 0.4) is 0 Å². The second-order valence-corrected chi connectivity index (χ2v) is 4.68. The van der Waals surface area contributed by atoms with Gasteiger partial charge in [0.25, 0.3) is 11.2 Å². The lowest BCUT2D eigenvalue weighted by atomic mass is 10.2. The van der Waals surface area contributed by atoms with Crippen molar-refractivity contribution in [3.63, 3.8) is 0 Å². The molecule has 0 saturated heterocycles. The number of nitrogens with one attached hydrogen (secondary N) is 1. The molecule has 3 N–H and O–H groups in total. The standard InChI is InChI=1S/C10H13BrN4O4/c11-8-5-7(15(18)19)6-14(10(8)17)4-2-1-3-9(16)13-12/h5-6H,1-4,12H2,(H,13,16). The van der Waals surface area contributed by atoms with Gasteiger partial charge in [0.05, 0.1) is 15.6 Å². The highest BCUT2D eigenvalue weighted by Crippen LogP contribution is 2.14. The molecule has 1 heterocycles. The molecule has 0 aliphatic carbocycles. The predicted octanol–water partition coefficient (Wildman–Crippen LogP) is 0.679. The number of rotatable bonds is 6. The molecule has 0 spiro atoms. The number of hydrogen-bond acceptors (Lipinski definition) is 5. The fourth-order valence-corrected chi connectivity index (χ4v) is 1.95. The van der Waals surface area contributed by atoms with Crippen molar-refractivity contribution in [1.29, 1.82) is 0 Å². The molecule has 0 fully saturated rings. The number of nitrogens with two attached hydrogens (primary N) is 1. The number of aryl methyl sites for hydroxylation is 1. The van der Waals surface area contributed by atoms with Crippen LogP contribution in [0.2, 0.25) is 0 Å². The Kier molecular flexibility index (Phi) is 5.64. The summed E-state index contributed by atoms with van der Waals surface area (Å²) >= 11 is 2.99. The van der Waals surface area contributed by atoms with Crippen molar-refractivity contribution >= 4 is 27.5 Å². The summed E-state index contributed by atoms with van der Waals surface area (Å²) in [6.07, 6.45) is 2.52. The number of unbranched alkanes of at least 4 members (excludes halogenated alkanes) is 1. The molecule has 0 bridgehead atoms. The molecule has 1 rings (SSSR count). The van der Waals surface area contributed by atoms with Crippen LogP contribution in [-0.4, -0.2) is 15.4 Å². The maximum absolute atomic E-state index is 11.7.